The van der Waals surface area contributed by atoms with Crippen molar-refractivity contribution in [1.82, 2.24) is 18.0 Å². The zero-order chi connectivity index (χ0) is 22.9. The van der Waals surface area contributed by atoms with E-state index in [2.05, 4.69) is 40.2 Å². The summed E-state index contributed by atoms with van der Waals surface area (Å²) >= 11 is 2.51. The average Bonchev–Trinajstić information content (AvgIpc) is 3.32. The number of aromatic hydroxyl groups is 1. The van der Waals surface area contributed by atoms with Gasteiger partial charge in [0.1, 0.15) is 0 Å². The third kappa shape index (κ3) is 4.76. The van der Waals surface area contributed by atoms with Crippen LogP contribution in [0.1, 0.15) is 6.92 Å². The van der Waals surface area contributed by atoms with Crippen LogP contribution >= 0.6 is 38.4 Å². The van der Waals surface area contributed by atoms with Crippen LogP contribution in [0.3, 0.4) is 0 Å². The molecule has 1 fully saturated rings. The van der Waals surface area contributed by atoms with Crippen molar-refractivity contribution in [3.63, 3.8) is 0 Å². The third-order valence-corrected chi connectivity index (χ3v) is 9.79. The predicted molar refractivity (Wildman–Crippen MR) is 128 cm³/mol. The number of likely N-dealkylation sites (N-methyl/N-ethyl adjacent to an activating group) is 1. The van der Waals surface area contributed by atoms with E-state index in [0.717, 1.165) is 22.4 Å². The summed E-state index contributed by atoms with van der Waals surface area (Å²) in [5, 5.41) is 18.1. The normalized spacial score (nSPS) is 16.3. The van der Waals surface area contributed by atoms with E-state index in [9.17, 15) is 18.1 Å². The summed E-state index contributed by atoms with van der Waals surface area (Å²) < 4.78 is 47.9. The number of halogens is 1. The van der Waals surface area contributed by atoms with Crippen LogP contribution in [0.2, 0.25) is 0 Å². The molecule has 32 heavy (non-hydrogen) atoms. The fraction of sp³-hybridized carbons (Fsp3) is 0.333. The summed E-state index contributed by atoms with van der Waals surface area (Å²) in [6.45, 7) is 4.94. The average molecular weight is 562 g/mol. The smallest absolute Gasteiger partial charge is 0.256 e. The second kappa shape index (κ2) is 9.59. The Morgan fingerprint density at radius 2 is 1.78 bits per heavy atom. The molecule has 0 amide bonds. The van der Waals surface area contributed by atoms with E-state index < -0.39 is 26.9 Å². The molecule has 172 valence electrons. The summed E-state index contributed by atoms with van der Waals surface area (Å²) in [6, 6.07) is 7.31. The molecule has 0 spiro atoms. The van der Waals surface area contributed by atoms with Crippen molar-refractivity contribution in [2.75, 3.05) is 43.4 Å². The van der Waals surface area contributed by atoms with Crippen LogP contribution in [0.5, 0.6) is 5.75 Å². The topological polar surface area (TPSA) is 134 Å². The Bertz CT molecular complexity index is 1210. The molecule has 0 aliphatic carbocycles. The number of hydrogen-bond donors (Lipinski definition) is 3. The van der Waals surface area contributed by atoms with Gasteiger partial charge >= 0.3 is 0 Å². The predicted octanol–water partition coefficient (Wildman–Crippen LogP) is 3.55. The molecule has 14 heteroatoms. The Labute approximate surface area is 201 Å². The Morgan fingerprint density at radius 3 is 2.41 bits per heavy atom. The molecule has 2 aromatic heterocycles. The molecule has 10 nitrogen and oxygen atoms in total. The van der Waals surface area contributed by atoms with Crippen molar-refractivity contribution in [3.05, 3.63) is 34.1 Å². The van der Waals surface area contributed by atoms with Crippen molar-refractivity contribution in [3.8, 4) is 5.75 Å². The van der Waals surface area contributed by atoms with Crippen LogP contribution in [0.15, 0.2) is 38.3 Å². The molecule has 1 unspecified atom stereocenters. The summed E-state index contributed by atoms with van der Waals surface area (Å²) in [4.78, 5) is 2.17. The van der Waals surface area contributed by atoms with E-state index in [4.69, 9.17) is 0 Å². The number of sulfonamides is 1. The molecule has 1 atom stereocenters. The lowest BCUT2D eigenvalue weighted by Crippen LogP contribution is -2.48. The molecular weight excluding hydrogens is 540 g/mol. The van der Waals surface area contributed by atoms with Gasteiger partial charge in [-0.3, -0.25) is 0 Å². The van der Waals surface area contributed by atoms with Gasteiger partial charge in [0, 0.05) is 44.8 Å². The van der Waals surface area contributed by atoms with E-state index >= 15 is 0 Å². The monoisotopic (exact) mass is 560 g/mol. The largest absolute Gasteiger partial charge is 0.546 e. The second-order valence-corrected chi connectivity index (χ2v) is 11.7. The van der Waals surface area contributed by atoms with Crippen LogP contribution in [-0.4, -0.2) is 68.8 Å². The number of aromatic nitrogens is 2. The van der Waals surface area contributed by atoms with Crippen molar-refractivity contribution < 1.29 is 18.1 Å². The number of piperazine rings is 1. The fourth-order valence-corrected chi connectivity index (χ4v) is 7.05. The van der Waals surface area contributed by atoms with Crippen molar-refractivity contribution >= 4 is 71.4 Å². The van der Waals surface area contributed by atoms with E-state index in [1.165, 1.54) is 9.69 Å². The highest BCUT2D eigenvalue weighted by atomic mass is 79.9. The van der Waals surface area contributed by atoms with Crippen LogP contribution in [0, 0.1) is 0 Å². The van der Waals surface area contributed by atoms with Gasteiger partial charge in [-0.05, 0) is 34.6 Å². The van der Waals surface area contributed by atoms with Crippen molar-refractivity contribution in [1.29, 1.82) is 0 Å². The molecule has 3 heterocycles. The maximum absolute atomic E-state index is 13.1. The number of rotatable bonds is 7. The first-order valence-electron chi connectivity index (χ1n) is 9.71. The molecule has 4 rings (SSSR count). The summed E-state index contributed by atoms with van der Waals surface area (Å²) in [5.41, 5.74) is 0.837. The number of benzene rings is 1. The van der Waals surface area contributed by atoms with Gasteiger partial charge in [-0.25, -0.2) is 8.42 Å². The highest BCUT2D eigenvalue weighted by Gasteiger charge is 2.33. The maximum Gasteiger partial charge on any atom is 0.256 e. The summed E-state index contributed by atoms with van der Waals surface area (Å²) in [5.74, 6) is -0.0535. The van der Waals surface area contributed by atoms with Crippen LogP contribution in [0.25, 0.3) is 0 Å². The number of para-hydroxylation sites is 1. The first-order valence-corrected chi connectivity index (χ1v) is 13.9. The zero-order valence-corrected chi connectivity index (χ0v) is 21.0. The van der Waals surface area contributed by atoms with Crippen LogP contribution < -0.4 is 10.6 Å². The first-order chi connectivity index (χ1) is 15.3. The Morgan fingerprint density at radius 1 is 1.16 bits per heavy atom. The molecule has 1 saturated heterocycles. The highest BCUT2D eigenvalue weighted by Crippen LogP contribution is 2.42. The Hall–Kier alpha value is -1.81. The Kier molecular flexibility index (Phi) is 7.00. The number of thiophene rings is 1. The molecule has 0 saturated carbocycles. The van der Waals surface area contributed by atoms with Gasteiger partial charge in [0.15, 0.2) is 21.1 Å². The maximum atomic E-state index is 13.1. The number of hydrogen-bond acceptors (Lipinski definition) is 10. The lowest BCUT2D eigenvalue weighted by Gasteiger charge is -2.32. The molecule has 1 aliphatic heterocycles. The lowest BCUT2D eigenvalue weighted by molar-refractivity contribution is 0.196. The molecule has 0 radical (unpaired) electrons. The SMILES string of the molecule is CCN1CCN(S(=O)(=O)c2scc(Nc3n[s+]([O-])nc3Nc3ccccc3Br)c2O)CC1. The van der Waals surface area contributed by atoms with Crippen molar-refractivity contribution in [2.45, 2.75) is 11.1 Å². The van der Waals surface area contributed by atoms with Gasteiger partial charge in [0.2, 0.25) is 11.6 Å². The summed E-state index contributed by atoms with van der Waals surface area (Å²) in [7, 11) is -3.83. The first kappa shape index (κ1) is 23.4. The van der Waals surface area contributed by atoms with E-state index in [-0.39, 0.29) is 21.5 Å². The number of anilines is 4. The fourth-order valence-electron chi connectivity index (χ4n) is 3.25. The van der Waals surface area contributed by atoms with Crippen LogP contribution in [0.4, 0.5) is 23.0 Å². The minimum absolute atomic E-state index is 0.132. The van der Waals surface area contributed by atoms with Gasteiger partial charge in [0.25, 0.3) is 10.0 Å². The molecule has 3 aromatic rings. The van der Waals surface area contributed by atoms with E-state index in [1.807, 2.05) is 25.1 Å². The third-order valence-electron chi connectivity index (χ3n) is 5.03. The molecule has 3 N–H and O–H groups in total. The van der Waals surface area contributed by atoms with Crippen molar-refractivity contribution in [2.24, 2.45) is 0 Å². The number of nitrogens with zero attached hydrogens (tertiary/aromatic N) is 4. The van der Waals surface area contributed by atoms with E-state index in [0.29, 0.717) is 31.9 Å². The minimum atomic E-state index is -3.83. The second-order valence-electron chi connectivity index (χ2n) is 6.96. The lowest BCUT2D eigenvalue weighted by atomic mass is 10.3. The minimum Gasteiger partial charge on any atom is -0.546 e. The zero-order valence-electron chi connectivity index (χ0n) is 17.0. The van der Waals surface area contributed by atoms with Gasteiger partial charge in [-0.1, -0.05) is 19.1 Å². The van der Waals surface area contributed by atoms with Crippen LogP contribution in [-0.2, 0) is 10.0 Å². The molecule has 0 bridgehead atoms. The standard InChI is InChI=1S/C18H21BrN6O4S3/c1-2-24-7-9-25(10-8-24)32(28,29)18-15(26)14(11-30-18)21-17-16(22-31(27)23-17)20-13-6-4-3-5-12(13)19/h3-6,11,26H,2,7-10H2,1H3,(H,20,22)(H,21,23). The van der Waals surface area contributed by atoms with Gasteiger partial charge in [-0.2, -0.15) is 4.31 Å². The quantitative estimate of drug-likeness (QED) is 0.371. The Balaban J connectivity index is 1.56. The van der Waals surface area contributed by atoms with Gasteiger partial charge in [0.05, 0.1) is 11.4 Å². The van der Waals surface area contributed by atoms with E-state index in [1.54, 1.807) is 6.07 Å². The molecule has 1 aromatic carbocycles. The van der Waals surface area contributed by atoms with Gasteiger partial charge < -0.3 is 25.2 Å². The highest BCUT2D eigenvalue weighted by molar-refractivity contribution is 9.10. The number of nitrogens with one attached hydrogen (secondary N) is 2. The van der Waals surface area contributed by atoms with Gasteiger partial charge in [-0.15, -0.1) is 11.3 Å². The summed E-state index contributed by atoms with van der Waals surface area (Å²) in [6.07, 6.45) is 0. The molecule has 1 aliphatic rings. The molecular formula is C18H21BrN6O4S3.